The number of nitrogens with zero attached hydrogens (tertiary/aromatic N) is 1. The SMILES string of the molecule is Cc1cc(Br)c(N2C(=O)CC(C)CC2=O)cc1Cl. The molecule has 1 saturated heterocycles. The normalized spacial score (nSPS) is 17.4. The predicted molar refractivity (Wildman–Crippen MR) is 74.8 cm³/mol. The Morgan fingerprint density at radius 2 is 1.83 bits per heavy atom. The van der Waals surface area contributed by atoms with Crippen LogP contribution >= 0.6 is 27.5 Å². The zero-order valence-corrected chi connectivity index (χ0v) is 12.5. The van der Waals surface area contributed by atoms with E-state index in [9.17, 15) is 9.59 Å². The molecule has 1 aromatic carbocycles. The van der Waals surface area contributed by atoms with E-state index in [1.165, 1.54) is 4.90 Å². The third kappa shape index (κ3) is 2.45. The summed E-state index contributed by atoms with van der Waals surface area (Å²) in [6.07, 6.45) is 0.785. The maximum Gasteiger partial charge on any atom is 0.234 e. The Morgan fingerprint density at radius 3 is 2.39 bits per heavy atom. The van der Waals surface area contributed by atoms with Crippen LogP contribution in [0.2, 0.25) is 5.02 Å². The predicted octanol–water partition coefficient (Wildman–Crippen LogP) is 3.70. The van der Waals surface area contributed by atoms with Gasteiger partial charge in [-0.15, -0.1) is 0 Å². The van der Waals surface area contributed by atoms with Gasteiger partial charge in [-0.25, -0.2) is 4.90 Å². The highest BCUT2D eigenvalue weighted by atomic mass is 79.9. The lowest BCUT2D eigenvalue weighted by Crippen LogP contribution is -2.43. The number of hydrogen-bond acceptors (Lipinski definition) is 2. The van der Waals surface area contributed by atoms with Crippen molar-refractivity contribution in [1.82, 2.24) is 0 Å². The molecule has 0 saturated carbocycles. The number of carbonyl (C=O) groups is 2. The van der Waals surface area contributed by atoms with Gasteiger partial charge in [0.15, 0.2) is 0 Å². The van der Waals surface area contributed by atoms with Crippen LogP contribution in [0.25, 0.3) is 0 Å². The Balaban J connectivity index is 2.45. The monoisotopic (exact) mass is 329 g/mol. The number of halogens is 2. The topological polar surface area (TPSA) is 37.4 Å². The zero-order chi connectivity index (χ0) is 13.4. The van der Waals surface area contributed by atoms with Crippen molar-refractivity contribution in [3.63, 3.8) is 0 Å². The van der Waals surface area contributed by atoms with Gasteiger partial charge >= 0.3 is 0 Å². The summed E-state index contributed by atoms with van der Waals surface area (Å²) in [7, 11) is 0. The lowest BCUT2D eigenvalue weighted by molar-refractivity contribution is -0.130. The summed E-state index contributed by atoms with van der Waals surface area (Å²) >= 11 is 9.44. The Labute approximate surface area is 119 Å². The highest BCUT2D eigenvalue weighted by molar-refractivity contribution is 9.10. The molecule has 96 valence electrons. The molecule has 1 fully saturated rings. The molecule has 18 heavy (non-hydrogen) atoms. The minimum Gasteiger partial charge on any atom is -0.274 e. The molecule has 1 aliphatic heterocycles. The van der Waals surface area contributed by atoms with E-state index in [0.29, 0.717) is 28.0 Å². The number of imide groups is 1. The maximum absolute atomic E-state index is 12.0. The first kappa shape index (κ1) is 13.6. The summed E-state index contributed by atoms with van der Waals surface area (Å²) in [5, 5.41) is 0.549. The molecular formula is C13H13BrClNO2. The van der Waals surface area contributed by atoms with Crippen LogP contribution in [0.3, 0.4) is 0 Å². The molecule has 3 nitrogen and oxygen atoms in total. The Kier molecular flexibility index (Phi) is 3.78. The fourth-order valence-electron chi connectivity index (χ4n) is 2.07. The second-order valence-corrected chi connectivity index (χ2v) is 5.95. The molecule has 0 aromatic heterocycles. The van der Waals surface area contributed by atoms with Gasteiger partial charge in [0.25, 0.3) is 0 Å². The molecular weight excluding hydrogens is 318 g/mol. The summed E-state index contributed by atoms with van der Waals surface area (Å²) in [6.45, 7) is 3.78. The van der Waals surface area contributed by atoms with Gasteiger partial charge in [0.2, 0.25) is 11.8 Å². The molecule has 0 unspecified atom stereocenters. The van der Waals surface area contributed by atoms with Gasteiger partial charge in [-0.05, 0) is 46.5 Å². The molecule has 1 heterocycles. The van der Waals surface area contributed by atoms with Crippen LogP contribution in [0, 0.1) is 12.8 Å². The van der Waals surface area contributed by atoms with Crippen LogP contribution in [0.5, 0.6) is 0 Å². The molecule has 2 amide bonds. The van der Waals surface area contributed by atoms with Crippen LogP contribution in [-0.2, 0) is 9.59 Å². The molecule has 2 rings (SSSR count). The number of anilines is 1. The highest BCUT2D eigenvalue weighted by Gasteiger charge is 2.32. The molecule has 0 atom stereocenters. The molecule has 0 bridgehead atoms. The van der Waals surface area contributed by atoms with Crippen LogP contribution in [-0.4, -0.2) is 11.8 Å². The second kappa shape index (κ2) is 5.02. The van der Waals surface area contributed by atoms with Crippen LogP contribution in [0.1, 0.15) is 25.3 Å². The van der Waals surface area contributed by atoms with Crippen molar-refractivity contribution in [1.29, 1.82) is 0 Å². The number of piperidine rings is 1. The number of rotatable bonds is 1. The molecule has 1 aliphatic rings. The standard InChI is InChI=1S/C13H13BrClNO2/c1-7-3-12(17)16(13(18)4-7)11-6-10(15)8(2)5-9(11)14/h5-7H,3-4H2,1-2H3. The van der Waals surface area contributed by atoms with Crippen LogP contribution < -0.4 is 4.90 Å². The number of amides is 2. The lowest BCUT2D eigenvalue weighted by Gasteiger charge is -2.29. The largest absolute Gasteiger partial charge is 0.274 e. The van der Waals surface area contributed by atoms with Crippen molar-refractivity contribution in [2.45, 2.75) is 26.7 Å². The molecule has 5 heteroatoms. The first-order valence-corrected chi connectivity index (χ1v) is 6.88. The maximum atomic E-state index is 12.0. The van der Waals surface area contributed by atoms with Gasteiger partial charge in [-0.2, -0.15) is 0 Å². The second-order valence-electron chi connectivity index (χ2n) is 4.69. The fourth-order valence-corrected chi connectivity index (χ4v) is 2.86. The Morgan fingerprint density at radius 1 is 1.28 bits per heavy atom. The third-order valence-electron chi connectivity index (χ3n) is 3.01. The molecule has 0 aliphatic carbocycles. The Hall–Kier alpha value is -0.870. The summed E-state index contributed by atoms with van der Waals surface area (Å²) in [5.41, 5.74) is 1.44. The van der Waals surface area contributed by atoms with E-state index in [0.717, 1.165) is 5.56 Å². The molecule has 1 aromatic rings. The van der Waals surface area contributed by atoms with Crippen molar-refractivity contribution < 1.29 is 9.59 Å². The smallest absolute Gasteiger partial charge is 0.234 e. The quantitative estimate of drug-likeness (QED) is 0.736. The van der Waals surface area contributed by atoms with Gasteiger partial charge in [0.1, 0.15) is 0 Å². The minimum absolute atomic E-state index is 0.112. The van der Waals surface area contributed by atoms with Crippen molar-refractivity contribution in [2.24, 2.45) is 5.92 Å². The zero-order valence-electron chi connectivity index (χ0n) is 10.2. The van der Waals surface area contributed by atoms with Gasteiger partial charge in [0, 0.05) is 22.3 Å². The summed E-state index contributed by atoms with van der Waals surface area (Å²) in [5.74, 6) is -0.223. The van der Waals surface area contributed by atoms with Crippen molar-refractivity contribution >= 4 is 45.0 Å². The molecule has 0 N–H and O–H groups in total. The van der Waals surface area contributed by atoms with E-state index in [1.807, 2.05) is 19.9 Å². The molecule has 0 radical (unpaired) electrons. The van der Waals surface area contributed by atoms with Gasteiger partial charge in [0.05, 0.1) is 5.69 Å². The first-order chi connectivity index (χ1) is 8.40. The minimum atomic E-state index is -0.167. The van der Waals surface area contributed by atoms with E-state index >= 15 is 0 Å². The van der Waals surface area contributed by atoms with E-state index in [4.69, 9.17) is 11.6 Å². The number of benzene rings is 1. The van der Waals surface area contributed by atoms with Crippen LogP contribution in [0.15, 0.2) is 16.6 Å². The first-order valence-electron chi connectivity index (χ1n) is 5.71. The van der Waals surface area contributed by atoms with E-state index in [2.05, 4.69) is 15.9 Å². The van der Waals surface area contributed by atoms with Gasteiger partial charge in [-0.1, -0.05) is 18.5 Å². The Bertz CT molecular complexity index is 512. The fraction of sp³-hybridized carbons (Fsp3) is 0.385. The van der Waals surface area contributed by atoms with Gasteiger partial charge < -0.3 is 0 Å². The highest BCUT2D eigenvalue weighted by Crippen LogP contribution is 2.35. The summed E-state index contributed by atoms with van der Waals surface area (Å²) < 4.78 is 0.709. The number of hydrogen-bond donors (Lipinski definition) is 0. The third-order valence-corrected chi connectivity index (χ3v) is 4.06. The van der Waals surface area contributed by atoms with E-state index in [-0.39, 0.29) is 17.7 Å². The van der Waals surface area contributed by atoms with Gasteiger partial charge in [-0.3, -0.25) is 9.59 Å². The average molecular weight is 331 g/mol. The molecule has 0 spiro atoms. The summed E-state index contributed by atoms with van der Waals surface area (Å²) in [6, 6.07) is 3.48. The van der Waals surface area contributed by atoms with Crippen molar-refractivity contribution in [3.05, 3.63) is 27.2 Å². The van der Waals surface area contributed by atoms with Crippen molar-refractivity contribution in [2.75, 3.05) is 4.90 Å². The average Bonchev–Trinajstić information content (AvgIpc) is 2.24. The van der Waals surface area contributed by atoms with Crippen LogP contribution in [0.4, 0.5) is 5.69 Å². The van der Waals surface area contributed by atoms with Crippen molar-refractivity contribution in [3.8, 4) is 0 Å². The van der Waals surface area contributed by atoms with E-state index < -0.39 is 0 Å². The summed E-state index contributed by atoms with van der Waals surface area (Å²) in [4.78, 5) is 25.2. The number of aryl methyl sites for hydroxylation is 1. The van der Waals surface area contributed by atoms with E-state index in [1.54, 1.807) is 6.07 Å². The number of carbonyl (C=O) groups excluding carboxylic acids is 2. The lowest BCUT2D eigenvalue weighted by atomic mass is 9.97.